The molecule has 6 rings (SSSR count). The van der Waals surface area contributed by atoms with Crippen molar-refractivity contribution in [1.82, 2.24) is 4.98 Å². The molecular weight excluding hydrogens is 476 g/mol. The van der Waals surface area contributed by atoms with Crippen LogP contribution in [-0.2, 0) is 0 Å². The normalized spacial score (nSPS) is 20.1. The summed E-state index contributed by atoms with van der Waals surface area (Å²) in [5.41, 5.74) is 12.4. The molecule has 1 unspecified atom stereocenters. The van der Waals surface area contributed by atoms with Crippen LogP contribution in [0.4, 0.5) is 0 Å². The lowest BCUT2D eigenvalue weighted by molar-refractivity contribution is 0.0774. The fraction of sp³-hybridized carbons (Fsp3) is 0.424. The van der Waals surface area contributed by atoms with E-state index in [0.29, 0.717) is 11.8 Å². The van der Waals surface area contributed by atoms with Gasteiger partial charge in [-0.15, -0.1) is 0 Å². The molecule has 1 heterocycles. The smallest absolute Gasteiger partial charge is 0.122 e. The number of aryl methyl sites for hydroxylation is 1. The lowest BCUT2D eigenvalue weighted by Crippen LogP contribution is -2.58. The lowest BCUT2D eigenvalue weighted by atomic mass is 9.68. The maximum atomic E-state index is 7.31. The van der Waals surface area contributed by atoms with Crippen LogP contribution in [-0.4, -0.2) is 17.1 Å². The first kappa shape index (κ1) is 24.5. The van der Waals surface area contributed by atoms with Crippen molar-refractivity contribution in [2.75, 3.05) is 6.61 Å². The second kappa shape index (κ2) is 9.82. The molecule has 0 amide bonds. The van der Waals surface area contributed by atoms with Gasteiger partial charge in [0.15, 0.2) is 0 Å². The molecule has 3 fully saturated rings. The summed E-state index contributed by atoms with van der Waals surface area (Å²) in [5.74, 6) is 8.79. The largest absolute Gasteiger partial charge is 0.493 e. The molecular formula is C33H35ClN2O. The Balaban J connectivity index is 1.12. The second-order valence-corrected chi connectivity index (χ2v) is 11.9. The zero-order valence-corrected chi connectivity index (χ0v) is 22.4. The molecule has 3 aliphatic rings. The Hall–Kier alpha value is -2.80. The van der Waals surface area contributed by atoms with Gasteiger partial charge >= 0.3 is 0 Å². The molecule has 0 bridgehead atoms. The Bertz CT molecular complexity index is 1320. The Morgan fingerprint density at radius 2 is 1.65 bits per heavy atom. The summed E-state index contributed by atoms with van der Waals surface area (Å²) in [7, 11) is 0. The van der Waals surface area contributed by atoms with Gasteiger partial charge in [0.25, 0.3) is 0 Å². The van der Waals surface area contributed by atoms with Crippen molar-refractivity contribution in [3.05, 3.63) is 82.6 Å². The first-order valence-corrected chi connectivity index (χ1v) is 14.1. The van der Waals surface area contributed by atoms with Crippen LogP contribution in [0.3, 0.4) is 0 Å². The number of pyridine rings is 1. The van der Waals surface area contributed by atoms with Crippen LogP contribution < -0.4 is 10.5 Å². The van der Waals surface area contributed by atoms with Gasteiger partial charge < -0.3 is 10.5 Å². The third-order valence-electron chi connectivity index (χ3n) is 9.01. The predicted octanol–water partition coefficient (Wildman–Crippen LogP) is 7.57. The molecule has 0 saturated heterocycles. The van der Waals surface area contributed by atoms with E-state index >= 15 is 0 Å². The van der Waals surface area contributed by atoms with E-state index in [1.54, 1.807) is 0 Å². The summed E-state index contributed by atoms with van der Waals surface area (Å²) in [6, 6.07) is 18.0. The average molecular weight is 511 g/mol. The van der Waals surface area contributed by atoms with Gasteiger partial charge in [0, 0.05) is 33.3 Å². The quantitative estimate of drug-likeness (QED) is 0.333. The van der Waals surface area contributed by atoms with Crippen LogP contribution in [0, 0.1) is 36.0 Å². The maximum absolute atomic E-state index is 7.31. The number of rotatable bonds is 7. The van der Waals surface area contributed by atoms with E-state index in [1.165, 1.54) is 51.4 Å². The van der Waals surface area contributed by atoms with E-state index in [0.717, 1.165) is 45.3 Å². The summed E-state index contributed by atoms with van der Waals surface area (Å²) in [4.78, 5) is 4.53. The predicted molar refractivity (Wildman–Crippen MR) is 151 cm³/mol. The number of nitrogens with zero attached hydrogens (tertiary/aromatic N) is 1. The molecule has 3 aromatic rings. The fourth-order valence-corrected chi connectivity index (χ4v) is 6.67. The number of hydrogen-bond acceptors (Lipinski definition) is 3. The zero-order valence-electron chi connectivity index (χ0n) is 21.6. The molecule has 3 nitrogen and oxygen atoms in total. The Kier molecular flexibility index (Phi) is 6.51. The monoisotopic (exact) mass is 510 g/mol. The molecule has 3 saturated carbocycles. The molecule has 37 heavy (non-hydrogen) atoms. The molecule has 3 aliphatic carbocycles. The molecule has 4 heteroatoms. The van der Waals surface area contributed by atoms with E-state index < -0.39 is 0 Å². The Morgan fingerprint density at radius 1 is 0.946 bits per heavy atom. The number of ether oxygens (including phenoxy) is 1. The Labute approximate surface area is 225 Å². The minimum Gasteiger partial charge on any atom is -0.493 e. The molecule has 0 aliphatic heterocycles. The summed E-state index contributed by atoms with van der Waals surface area (Å²) in [5, 5.41) is 0.729. The van der Waals surface area contributed by atoms with E-state index in [1.807, 2.05) is 48.7 Å². The molecule has 1 atom stereocenters. The molecule has 0 spiro atoms. The molecule has 2 N–H and O–H groups in total. The van der Waals surface area contributed by atoms with Crippen molar-refractivity contribution in [2.24, 2.45) is 23.0 Å². The lowest BCUT2D eigenvalue weighted by Gasteiger charge is -2.43. The number of aromatic nitrogens is 1. The highest BCUT2D eigenvalue weighted by Crippen LogP contribution is 2.64. The van der Waals surface area contributed by atoms with Gasteiger partial charge in [-0.2, -0.15) is 0 Å². The Morgan fingerprint density at radius 3 is 2.27 bits per heavy atom. The number of hydrogen-bond donors (Lipinski definition) is 1. The highest BCUT2D eigenvalue weighted by Gasteiger charge is 2.65. The summed E-state index contributed by atoms with van der Waals surface area (Å²) in [6.07, 6.45) is 12.2. The topological polar surface area (TPSA) is 48.1 Å². The van der Waals surface area contributed by atoms with Gasteiger partial charge in [-0.05, 0) is 111 Å². The highest BCUT2D eigenvalue weighted by atomic mass is 35.5. The van der Waals surface area contributed by atoms with Crippen LogP contribution >= 0.6 is 11.6 Å². The zero-order chi connectivity index (χ0) is 25.5. The van der Waals surface area contributed by atoms with Gasteiger partial charge in [-0.3, -0.25) is 0 Å². The first-order valence-electron chi connectivity index (χ1n) is 13.7. The number of halogens is 1. The van der Waals surface area contributed by atoms with Gasteiger partial charge in [-0.25, -0.2) is 4.98 Å². The minimum atomic E-state index is -0.0288. The highest BCUT2D eigenvalue weighted by molar-refractivity contribution is 6.30. The number of benzene rings is 2. The molecule has 1 aromatic heterocycles. The van der Waals surface area contributed by atoms with E-state index in [-0.39, 0.29) is 11.0 Å². The van der Waals surface area contributed by atoms with Crippen molar-refractivity contribution in [1.29, 1.82) is 0 Å². The van der Waals surface area contributed by atoms with E-state index in [4.69, 9.17) is 22.1 Å². The van der Waals surface area contributed by atoms with Crippen molar-refractivity contribution in [3.8, 4) is 28.7 Å². The van der Waals surface area contributed by atoms with Crippen molar-refractivity contribution < 1.29 is 4.74 Å². The number of nitrogens with two attached hydrogens (primary N) is 1. The molecule has 0 radical (unpaired) electrons. The molecule has 2 aromatic carbocycles. The van der Waals surface area contributed by atoms with Crippen LogP contribution in [0.1, 0.15) is 68.2 Å². The first-order chi connectivity index (χ1) is 18.0. The van der Waals surface area contributed by atoms with Crippen molar-refractivity contribution in [2.45, 2.75) is 63.8 Å². The van der Waals surface area contributed by atoms with Crippen LogP contribution in [0.5, 0.6) is 5.75 Å². The summed E-state index contributed by atoms with van der Waals surface area (Å²) in [6.45, 7) is 2.85. The van der Waals surface area contributed by atoms with E-state index in [2.05, 4.69) is 35.9 Å². The van der Waals surface area contributed by atoms with Crippen LogP contribution in [0.15, 0.2) is 60.8 Å². The van der Waals surface area contributed by atoms with E-state index in [9.17, 15) is 0 Å². The van der Waals surface area contributed by atoms with Gasteiger partial charge in [0.1, 0.15) is 11.4 Å². The van der Waals surface area contributed by atoms with Crippen LogP contribution in [0.25, 0.3) is 11.1 Å². The maximum Gasteiger partial charge on any atom is 0.122 e. The average Bonchev–Trinajstić information content (AvgIpc) is 3.85. The summed E-state index contributed by atoms with van der Waals surface area (Å²) >= 11 is 5.99. The standard InChI is InChI=1S/C33H35ClN2O/c1-23-20-24(6-15-30-16-10-26(21-36-30)25-8-13-29(34)14-9-25)7-17-31(23)37-22-32(18-19-32)33(35,28-11-12-28)27-4-2-3-5-27/h7-10,13-14,16-17,20-21,27-28H,2-5,11-12,18-19,22,35H2,1H3. The minimum absolute atomic E-state index is 0.0288. The van der Waals surface area contributed by atoms with Crippen LogP contribution in [0.2, 0.25) is 5.02 Å². The SMILES string of the molecule is Cc1cc(C#Cc2ccc(-c3ccc(Cl)cc3)cn2)ccc1OCC1(C(N)(C2CCCC2)C2CC2)CC1. The van der Waals surface area contributed by atoms with Crippen molar-refractivity contribution >= 4 is 11.6 Å². The third-order valence-corrected chi connectivity index (χ3v) is 9.26. The second-order valence-electron chi connectivity index (χ2n) is 11.4. The van der Waals surface area contributed by atoms with Gasteiger partial charge in [0.05, 0.1) is 6.61 Å². The summed E-state index contributed by atoms with van der Waals surface area (Å²) < 4.78 is 6.48. The molecule has 190 valence electrons. The van der Waals surface area contributed by atoms with Crippen molar-refractivity contribution in [3.63, 3.8) is 0 Å². The fourth-order valence-electron chi connectivity index (χ4n) is 6.54. The third kappa shape index (κ3) is 4.90. The van der Waals surface area contributed by atoms with Gasteiger partial charge in [0.2, 0.25) is 0 Å². The van der Waals surface area contributed by atoms with Gasteiger partial charge in [-0.1, -0.05) is 48.6 Å².